The first-order valence-electron chi connectivity index (χ1n) is 8.98. The fraction of sp³-hybridized carbons (Fsp3) is 0.429. The van der Waals surface area contributed by atoms with Gasteiger partial charge in [-0.25, -0.2) is 9.78 Å². The Labute approximate surface area is 165 Å². The third kappa shape index (κ3) is 5.86. The molecule has 0 fully saturated rings. The van der Waals surface area contributed by atoms with E-state index >= 15 is 0 Å². The molecule has 6 heteroatoms. The Bertz CT molecular complexity index is 800. The molecule has 146 valence electrons. The highest BCUT2D eigenvalue weighted by molar-refractivity contribution is 6.30. The average Bonchev–Trinajstić information content (AvgIpc) is 2.52. The summed E-state index contributed by atoms with van der Waals surface area (Å²) in [4.78, 5) is 17.5. The molecule has 2 aromatic rings. The number of aromatic nitrogens is 1. The summed E-state index contributed by atoms with van der Waals surface area (Å²) in [5.41, 5.74) is 1.07. The van der Waals surface area contributed by atoms with Gasteiger partial charge in [0.25, 0.3) is 0 Å². The lowest BCUT2D eigenvalue weighted by molar-refractivity contribution is 0.195. The Morgan fingerprint density at radius 2 is 1.96 bits per heavy atom. The van der Waals surface area contributed by atoms with E-state index in [0.717, 1.165) is 17.0 Å². The molecule has 0 aliphatic carbocycles. The smallest absolute Gasteiger partial charge is 0.413 e. The van der Waals surface area contributed by atoms with Crippen molar-refractivity contribution in [1.29, 1.82) is 0 Å². The van der Waals surface area contributed by atoms with Crippen LogP contribution >= 0.6 is 11.6 Å². The van der Waals surface area contributed by atoms with Gasteiger partial charge in [0.15, 0.2) is 0 Å². The Morgan fingerprint density at radius 1 is 1.26 bits per heavy atom. The molecule has 1 heterocycles. The standard InChI is InChI=1S/C21H27ClN2O3/c1-14(2)13-27-18-10-9-16(22)11-15(18)12-17-7-6-8-19(23-17)24(20(25)26)21(3,4)5/h6-11,14H,12-13H2,1-5H3,(H,25,26). The van der Waals surface area contributed by atoms with E-state index in [1.54, 1.807) is 12.1 Å². The van der Waals surface area contributed by atoms with Gasteiger partial charge in [0.1, 0.15) is 11.6 Å². The van der Waals surface area contributed by atoms with Crippen LogP contribution in [0.3, 0.4) is 0 Å². The maximum absolute atomic E-state index is 11.7. The number of benzene rings is 1. The van der Waals surface area contributed by atoms with Gasteiger partial charge in [0.05, 0.1) is 6.61 Å². The number of anilines is 1. The minimum Gasteiger partial charge on any atom is -0.493 e. The number of carbonyl (C=O) groups is 1. The van der Waals surface area contributed by atoms with Crippen LogP contribution in [-0.4, -0.2) is 28.3 Å². The number of ether oxygens (including phenoxy) is 1. The van der Waals surface area contributed by atoms with Gasteiger partial charge in [-0.1, -0.05) is 31.5 Å². The van der Waals surface area contributed by atoms with Gasteiger partial charge in [0.2, 0.25) is 0 Å². The fourth-order valence-corrected chi connectivity index (χ4v) is 2.89. The molecule has 0 saturated heterocycles. The molecule has 0 bridgehead atoms. The molecule has 0 spiro atoms. The number of pyridine rings is 1. The fourth-order valence-electron chi connectivity index (χ4n) is 2.70. The van der Waals surface area contributed by atoms with Gasteiger partial charge in [0, 0.05) is 28.2 Å². The first kappa shape index (κ1) is 21.0. The van der Waals surface area contributed by atoms with Crippen LogP contribution in [0.1, 0.15) is 45.9 Å². The zero-order valence-electron chi connectivity index (χ0n) is 16.5. The lowest BCUT2D eigenvalue weighted by atomic mass is 10.1. The van der Waals surface area contributed by atoms with Crippen molar-refractivity contribution in [3.05, 3.63) is 52.7 Å². The van der Waals surface area contributed by atoms with Crippen molar-refractivity contribution < 1.29 is 14.6 Å². The molecular weight excluding hydrogens is 364 g/mol. The van der Waals surface area contributed by atoms with Crippen LogP contribution in [-0.2, 0) is 6.42 Å². The molecule has 2 rings (SSSR count). The zero-order valence-corrected chi connectivity index (χ0v) is 17.2. The number of rotatable bonds is 6. The predicted octanol–water partition coefficient (Wildman–Crippen LogP) is 5.64. The SMILES string of the molecule is CC(C)COc1ccc(Cl)cc1Cc1cccc(N(C(=O)O)C(C)(C)C)n1. The minimum absolute atomic E-state index is 0.402. The summed E-state index contributed by atoms with van der Waals surface area (Å²) in [6, 6.07) is 10.9. The van der Waals surface area contributed by atoms with Crippen molar-refractivity contribution in [3.8, 4) is 5.75 Å². The van der Waals surface area contributed by atoms with E-state index in [2.05, 4.69) is 18.8 Å². The summed E-state index contributed by atoms with van der Waals surface area (Å²) in [6.45, 7) is 10.3. The molecule has 1 N–H and O–H groups in total. The molecule has 1 amide bonds. The summed E-state index contributed by atoms with van der Waals surface area (Å²) >= 11 is 6.17. The zero-order chi connectivity index (χ0) is 20.2. The van der Waals surface area contributed by atoms with Crippen LogP contribution in [0.5, 0.6) is 5.75 Å². The molecule has 27 heavy (non-hydrogen) atoms. The van der Waals surface area contributed by atoms with Crippen molar-refractivity contribution in [1.82, 2.24) is 4.98 Å². The Kier molecular flexibility index (Phi) is 6.71. The number of nitrogens with zero attached hydrogens (tertiary/aromatic N) is 2. The van der Waals surface area contributed by atoms with Crippen LogP contribution < -0.4 is 9.64 Å². The summed E-state index contributed by atoms with van der Waals surface area (Å²) in [6.07, 6.45) is -0.532. The van der Waals surface area contributed by atoms with Crippen molar-refractivity contribution >= 4 is 23.5 Å². The second kappa shape index (κ2) is 8.61. The highest BCUT2D eigenvalue weighted by atomic mass is 35.5. The summed E-state index contributed by atoms with van der Waals surface area (Å²) < 4.78 is 5.91. The Balaban J connectivity index is 2.33. The summed E-state index contributed by atoms with van der Waals surface area (Å²) in [7, 11) is 0. The summed E-state index contributed by atoms with van der Waals surface area (Å²) in [5.74, 6) is 1.58. The second-order valence-electron chi connectivity index (χ2n) is 7.91. The molecule has 0 atom stereocenters. The molecule has 0 aliphatic heterocycles. The van der Waals surface area contributed by atoms with E-state index in [0.29, 0.717) is 29.8 Å². The third-order valence-corrected chi connectivity index (χ3v) is 4.08. The monoisotopic (exact) mass is 390 g/mol. The van der Waals surface area contributed by atoms with Crippen LogP contribution in [0.2, 0.25) is 5.02 Å². The van der Waals surface area contributed by atoms with Crippen molar-refractivity contribution in [2.45, 2.75) is 46.6 Å². The molecule has 0 unspecified atom stereocenters. The lowest BCUT2D eigenvalue weighted by Gasteiger charge is -2.32. The van der Waals surface area contributed by atoms with Crippen LogP contribution in [0, 0.1) is 5.92 Å². The van der Waals surface area contributed by atoms with Crippen molar-refractivity contribution in [2.75, 3.05) is 11.5 Å². The van der Waals surface area contributed by atoms with E-state index in [1.807, 2.05) is 45.0 Å². The van der Waals surface area contributed by atoms with Crippen molar-refractivity contribution in [2.24, 2.45) is 5.92 Å². The number of amides is 1. The largest absolute Gasteiger partial charge is 0.493 e. The second-order valence-corrected chi connectivity index (χ2v) is 8.35. The highest BCUT2D eigenvalue weighted by Gasteiger charge is 2.29. The van der Waals surface area contributed by atoms with Crippen LogP contribution in [0.4, 0.5) is 10.6 Å². The molecule has 0 radical (unpaired) electrons. The maximum atomic E-state index is 11.7. The summed E-state index contributed by atoms with van der Waals surface area (Å²) in [5, 5.41) is 10.2. The first-order valence-corrected chi connectivity index (χ1v) is 9.36. The molecular formula is C21H27ClN2O3. The third-order valence-electron chi connectivity index (χ3n) is 3.85. The Morgan fingerprint density at radius 3 is 2.56 bits per heavy atom. The topological polar surface area (TPSA) is 62.7 Å². The van der Waals surface area contributed by atoms with Gasteiger partial charge in [-0.15, -0.1) is 0 Å². The highest BCUT2D eigenvalue weighted by Crippen LogP contribution is 2.27. The first-order chi connectivity index (χ1) is 12.6. The molecule has 5 nitrogen and oxygen atoms in total. The molecule has 1 aromatic carbocycles. The van der Waals surface area contributed by atoms with E-state index in [4.69, 9.17) is 16.3 Å². The van der Waals surface area contributed by atoms with E-state index in [-0.39, 0.29) is 0 Å². The Hall–Kier alpha value is -2.27. The number of halogens is 1. The van der Waals surface area contributed by atoms with Gasteiger partial charge in [-0.05, 0) is 57.0 Å². The number of hydrogen-bond acceptors (Lipinski definition) is 3. The number of carboxylic acid groups (broad SMARTS) is 1. The van der Waals surface area contributed by atoms with Crippen LogP contribution in [0.15, 0.2) is 36.4 Å². The van der Waals surface area contributed by atoms with E-state index < -0.39 is 11.6 Å². The van der Waals surface area contributed by atoms with Gasteiger partial charge in [-0.3, -0.25) is 4.90 Å². The molecule has 0 aliphatic rings. The van der Waals surface area contributed by atoms with E-state index in [1.165, 1.54) is 4.90 Å². The molecule has 0 saturated carbocycles. The van der Waals surface area contributed by atoms with Gasteiger partial charge < -0.3 is 9.84 Å². The van der Waals surface area contributed by atoms with Crippen LogP contribution in [0.25, 0.3) is 0 Å². The average molecular weight is 391 g/mol. The van der Waals surface area contributed by atoms with E-state index in [9.17, 15) is 9.90 Å². The quantitative estimate of drug-likeness (QED) is 0.692. The maximum Gasteiger partial charge on any atom is 0.413 e. The molecule has 1 aromatic heterocycles. The normalized spacial score (nSPS) is 11.5. The lowest BCUT2D eigenvalue weighted by Crippen LogP contribution is -2.45. The predicted molar refractivity (Wildman–Crippen MR) is 109 cm³/mol. The number of hydrogen-bond donors (Lipinski definition) is 1. The van der Waals surface area contributed by atoms with Gasteiger partial charge in [-0.2, -0.15) is 0 Å². The van der Waals surface area contributed by atoms with Crippen molar-refractivity contribution in [3.63, 3.8) is 0 Å². The minimum atomic E-state index is -1.03. The van der Waals surface area contributed by atoms with Gasteiger partial charge >= 0.3 is 6.09 Å².